The zero-order chi connectivity index (χ0) is 17.1. The van der Waals surface area contributed by atoms with Crippen LogP contribution in [0.5, 0.6) is 0 Å². The van der Waals surface area contributed by atoms with Crippen molar-refractivity contribution in [2.75, 3.05) is 0 Å². The van der Waals surface area contributed by atoms with Crippen molar-refractivity contribution >= 4 is 0 Å². The van der Waals surface area contributed by atoms with Gasteiger partial charge in [-0.25, -0.2) is 4.98 Å². The minimum atomic E-state index is -4.61. The van der Waals surface area contributed by atoms with Crippen molar-refractivity contribution in [2.45, 2.75) is 31.9 Å². The van der Waals surface area contributed by atoms with Gasteiger partial charge in [-0.15, -0.1) is 0 Å². The molecule has 0 radical (unpaired) electrons. The van der Waals surface area contributed by atoms with Crippen LogP contribution in [0.25, 0.3) is 22.6 Å². The summed E-state index contributed by atoms with van der Waals surface area (Å²) in [4.78, 5) is 7.65. The number of hydrogen-bond donors (Lipinski definition) is 1. The molecule has 0 atom stereocenters. The van der Waals surface area contributed by atoms with Gasteiger partial charge in [-0.05, 0) is 0 Å². The molecule has 0 saturated carbocycles. The number of nitrogens with one attached hydrogen (secondary N) is 1. The van der Waals surface area contributed by atoms with Crippen molar-refractivity contribution in [1.29, 1.82) is 0 Å². The molecule has 2 aromatic heterocycles. The van der Waals surface area contributed by atoms with Crippen LogP contribution in [-0.4, -0.2) is 15.1 Å². The molecule has 0 unspecified atom stereocenters. The molecule has 124 valence electrons. The van der Waals surface area contributed by atoms with Crippen molar-refractivity contribution in [3.05, 3.63) is 47.5 Å². The van der Waals surface area contributed by atoms with Gasteiger partial charge in [-0.3, -0.25) is 0 Å². The van der Waals surface area contributed by atoms with E-state index in [1.54, 1.807) is 0 Å². The number of hydrogen-bond acceptors (Lipinski definition) is 3. The third kappa shape index (κ3) is 2.15. The molecule has 1 aliphatic rings. The zero-order valence-electron chi connectivity index (χ0n) is 13.0. The van der Waals surface area contributed by atoms with Gasteiger partial charge in [0.05, 0.1) is 17.0 Å². The van der Waals surface area contributed by atoms with Gasteiger partial charge in [0.25, 0.3) is 0 Å². The van der Waals surface area contributed by atoms with Gasteiger partial charge in [0.15, 0.2) is 0 Å². The largest absolute Gasteiger partial charge is 0.453 e. The number of H-pyrrole nitrogens is 1. The Morgan fingerprint density at radius 1 is 1.17 bits per heavy atom. The molecular weight excluding hydrogens is 319 g/mol. The van der Waals surface area contributed by atoms with E-state index in [4.69, 9.17) is 0 Å². The van der Waals surface area contributed by atoms with E-state index < -0.39 is 17.4 Å². The average Bonchev–Trinajstić information content (AvgIpc) is 3.11. The van der Waals surface area contributed by atoms with Crippen LogP contribution < -0.4 is 0 Å². The van der Waals surface area contributed by atoms with E-state index in [9.17, 15) is 13.2 Å². The van der Waals surface area contributed by atoms with E-state index in [1.807, 2.05) is 44.2 Å². The molecule has 1 aliphatic carbocycles. The topological polar surface area (TPSA) is 54.7 Å². The average molecular weight is 333 g/mol. The third-order valence-corrected chi connectivity index (χ3v) is 4.29. The number of halogens is 3. The van der Waals surface area contributed by atoms with E-state index in [0.29, 0.717) is 23.6 Å². The number of alkyl halides is 3. The zero-order valence-corrected chi connectivity index (χ0v) is 13.0. The highest BCUT2D eigenvalue weighted by Gasteiger charge is 2.46. The van der Waals surface area contributed by atoms with Crippen LogP contribution in [0.4, 0.5) is 13.2 Å². The lowest BCUT2D eigenvalue weighted by atomic mass is 9.77. The first-order valence-corrected chi connectivity index (χ1v) is 7.49. The van der Waals surface area contributed by atoms with Crippen LogP contribution in [0.2, 0.25) is 0 Å². The summed E-state index contributed by atoms with van der Waals surface area (Å²) in [5.74, 6) is -0.545. The molecule has 7 heteroatoms. The second kappa shape index (κ2) is 4.72. The van der Waals surface area contributed by atoms with Gasteiger partial charge in [0.1, 0.15) is 5.82 Å². The molecular formula is C17H14F3N3O. The minimum absolute atomic E-state index is 0.0461. The third-order valence-electron chi connectivity index (χ3n) is 4.29. The number of benzene rings is 1. The maximum Gasteiger partial charge on any atom is 0.453 e. The summed E-state index contributed by atoms with van der Waals surface area (Å²) >= 11 is 0. The van der Waals surface area contributed by atoms with E-state index in [0.717, 1.165) is 5.56 Å². The normalized spacial score (nSPS) is 15.9. The highest BCUT2D eigenvalue weighted by molar-refractivity contribution is 5.74. The lowest BCUT2D eigenvalue weighted by Crippen LogP contribution is -2.26. The standard InChI is InChI=1S/C17H14F3N3O/c1-16(2)8-10-11(14(24-23-10)17(18,19)20)12-13(16)22-15(21-12)9-6-4-3-5-7-9/h3-7H,8H2,1-2H3,(H,21,22). The Kier molecular flexibility index (Phi) is 2.95. The fourth-order valence-corrected chi connectivity index (χ4v) is 3.17. The van der Waals surface area contributed by atoms with E-state index in [1.165, 1.54) is 0 Å². The van der Waals surface area contributed by atoms with Crippen LogP contribution in [0.3, 0.4) is 0 Å². The van der Waals surface area contributed by atoms with E-state index in [2.05, 4.69) is 19.6 Å². The van der Waals surface area contributed by atoms with Crippen molar-refractivity contribution < 1.29 is 17.7 Å². The Hall–Kier alpha value is -2.57. The molecule has 1 N–H and O–H groups in total. The van der Waals surface area contributed by atoms with Crippen molar-refractivity contribution in [3.63, 3.8) is 0 Å². The highest BCUT2D eigenvalue weighted by atomic mass is 19.4. The van der Waals surface area contributed by atoms with E-state index in [-0.39, 0.29) is 11.3 Å². The summed E-state index contributed by atoms with van der Waals surface area (Å²) in [5, 5.41) is 3.65. The number of imidazole rings is 1. The highest BCUT2D eigenvalue weighted by Crippen LogP contribution is 2.47. The molecule has 0 saturated heterocycles. The molecule has 0 spiro atoms. The lowest BCUT2D eigenvalue weighted by Gasteiger charge is -2.27. The van der Waals surface area contributed by atoms with Gasteiger partial charge in [0, 0.05) is 23.1 Å². The fourth-order valence-electron chi connectivity index (χ4n) is 3.17. The smallest absolute Gasteiger partial charge is 0.351 e. The summed E-state index contributed by atoms with van der Waals surface area (Å²) in [6.07, 6.45) is -4.25. The van der Waals surface area contributed by atoms with Gasteiger partial charge in [-0.2, -0.15) is 13.2 Å². The molecule has 24 heavy (non-hydrogen) atoms. The quantitative estimate of drug-likeness (QED) is 0.709. The first-order chi connectivity index (χ1) is 11.3. The van der Waals surface area contributed by atoms with Gasteiger partial charge in [-0.1, -0.05) is 49.3 Å². The Morgan fingerprint density at radius 2 is 1.88 bits per heavy atom. The number of aromatic amines is 1. The second-order valence-corrected chi connectivity index (χ2v) is 6.57. The predicted molar refractivity (Wildman–Crippen MR) is 81.3 cm³/mol. The first-order valence-electron chi connectivity index (χ1n) is 7.49. The Labute approximate surface area is 135 Å². The Bertz CT molecular complexity index is 907. The first kappa shape index (κ1) is 15.0. The molecule has 1 aromatic carbocycles. The monoisotopic (exact) mass is 333 g/mol. The molecule has 0 fully saturated rings. The predicted octanol–water partition coefficient (Wildman–Crippen LogP) is 4.58. The molecule has 3 aromatic rings. The number of rotatable bonds is 1. The summed E-state index contributed by atoms with van der Waals surface area (Å²) in [7, 11) is 0. The fraction of sp³-hybridized carbons (Fsp3) is 0.294. The molecule has 0 bridgehead atoms. The second-order valence-electron chi connectivity index (χ2n) is 6.57. The Morgan fingerprint density at radius 3 is 2.54 bits per heavy atom. The van der Waals surface area contributed by atoms with E-state index >= 15 is 0 Å². The lowest BCUT2D eigenvalue weighted by molar-refractivity contribution is -0.155. The Balaban J connectivity index is 1.96. The van der Waals surface area contributed by atoms with Crippen LogP contribution in [-0.2, 0) is 18.0 Å². The molecule has 0 amide bonds. The van der Waals surface area contributed by atoms with Crippen molar-refractivity contribution in [1.82, 2.24) is 15.1 Å². The van der Waals surface area contributed by atoms with Gasteiger partial charge >= 0.3 is 6.18 Å². The summed E-state index contributed by atoms with van der Waals surface area (Å²) in [5.41, 5.74) is 1.59. The SMILES string of the molecule is CC1(C)Cc2noc(C(F)(F)F)c2-c2nc(-c3ccccc3)[nH]c21. The van der Waals surface area contributed by atoms with Crippen molar-refractivity contribution in [2.24, 2.45) is 0 Å². The minimum Gasteiger partial charge on any atom is -0.351 e. The van der Waals surface area contributed by atoms with Crippen LogP contribution in [0.1, 0.15) is 31.0 Å². The maximum absolute atomic E-state index is 13.3. The maximum atomic E-state index is 13.3. The summed E-state index contributed by atoms with van der Waals surface area (Å²) in [6.45, 7) is 3.90. The number of nitrogens with zero attached hydrogens (tertiary/aromatic N) is 2. The molecule has 4 nitrogen and oxygen atoms in total. The molecule has 4 rings (SSSR count). The van der Waals surface area contributed by atoms with Gasteiger partial charge < -0.3 is 9.51 Å². The van der Waals surface area contributed by atoms with Crippen LogP contribution in [0, 0.1) is 0 Å². The van der Waals surface area contributed by atoms with Gasteiger partial charge in [0.2, 0.25) is 5.76 Å². The molecule has 0 aliphatic heterocycles. The van der Waals surface area contributed by atoms with Crippen LogP contribution >= 0.6 is 0 Å². The number of fused-ring (bicyclic) bond motifs is 3. The number of aromatic nitrogens is 3. The van der Waals surface area contributed by atoms with Crippen LogP contribution in [0.15, 0.2) is 34.9 Å². The van der Waals surface area contributed by atoms with Crippen molar-refractivity contribution in [3.8, 4) is 22.6 Å². The molecule has 2 heterocycles. The summed E-state index contributed by atoms with van der Waals surface area (Å²) in [6, 6.07) is 9.30. The summed E-state index contributed by atoms with van der Waals surface area (Å²) < 4.78 is 44.4.